The van der Waals surface area contributed by atoms with Crippen LogP contribution in [0.25, 0.3) is 28.6 Å². The van der Waals surface area contributed by atoms with E-state index in [4.69, 9.17) is 9.72 Å². The molecule has 0 saturated carbocycles. The third kappa shape index (κ3) is 12.4. The number of unbranched alkanes of at least 4 members (excludes halogenated alkanes) is 2. The lowest BCUT2D eigenvalue weighted by molar-refractivity contribution is -0.127. The van der Waals surface area contributed by atoms with Crippen molar-refractivity contribution in [1.82, 2.24) is 35.7 Å². The predicted octanol–water partition coefficient (Wildman–Crippen LogP) is 8.52. The molecule has 342 valence electrons. The number of hydrogen-bond donors (Lipinski definition) is 6. The molecule has 5 aromatic rings. The van der Waals surface area contributed by atoms with E-state index in [2.05, 4.69) is 31.5 Å². The maximum Gasteiger partial charge on any atom is 0.441 e. The number of ketones is 1. The van der Waals surface area contributed by atoms with Crippen molar-refractivity contribution < 1.29 is 32.2 Å². The summed E-state index contributed by atoms with van der Waals surface area (Å²) in [5.41, 5.74) is 6.36. The van der Waals surface area contributed by atoms with Crippen molar-refractivity contribution in [1.29, 1.82) is 0 Å². The van der Waals surface area contributed by atoms with E-state index < -0.39 is 19.1 Å². The van der Waals surface area contributed by atoms with Crippen molar-refractivity contribution >= 4 is 42.9 Å². The summed E-state index contributed by atoms with van der Waals surface area (Å²) in [5.74, 6) is 0.731. The molecule has 12 nitrogen and oxygen atoms in total. The highest BCUT2D eigenvalue weighted by molar-refractivity contribution is 6.23. The van der Waals surface area contributed by atoms with E-state index in [9.17, 15) is 27.5 Å². The maximum atomic E-state index is 13.9. The number of nitrogens with zero attached hydrogens (tertiary/aromatic N) is 2. The van der Waals surface area contributed by atoms with Gasteiger partial charge in [-0.05, 0) is 135 Å². The molecule has 6 rings (SSSR count). The Balaban J connectivity index is 0.935. The maximum absolute atomic E-state index is 13.9. The van der Waals surface area contributed by atoms with Gasteiger partial charge >= 0.3 is 7.69 Å². The molecule has 16 heteroatoms. The van der Waals surface area contributed by atoms with Crippen molar-refractivity contribution in [3.05, 3.63) is 125 Å². The van der Waals surface area contributed by atoms with Gasteiger partial charge in [0, 0.05) is 53.1 Å². The van der Waals surface area contributed by atoms with E-state index in [1.165, 1.54) is 24.3 Å². The zero-order chi connectivity index (χ0) is 46.5. The number of rotatable bonds is 22. The number of halogens is 3. The first-order valence-corrected chi connectivity index (χ1v) is 22.0. The molecule has 0 bridgehead atoms. The van der Waals surface area contributed by atoms with Crippen molar-refractivity contribution in [3.63, 3.8) is 0 Å². The van der Waals surface area contributed by atoms with Gasteiger partial charge in [-0.1, -0.05) is 32.8 Å². The number of nitrogens with one attached hydrogen (secondary N) is 6. The number of hydrogen-bond acceptors (Lipinski definition) is 8. The molecule has 1 unspecified atom stereocenters. The number of H-pyrrole nitrogens is 1. The van der Waals surface area contributed by atoms with Gasteiger partial charge in [-0.15, -0.1) is 0 Å². The second kappa shape index (κ2) is 22.4. The van der Waals surface area contributed by atoms with Crippen LogP contribution in [0.1, 0.15) is 84.2 Å². The lowest BCUT2D eigenvalue weighted by Gasteiger charge is -2.38. The number of benzene rings is 3. The second-order valence-corrected chi connectivity index (χ2v) is 16.6. The number of aromatic nitrogens is 3. The largest absolute Gasteiger partial charge is 0.497 e. The molecule has 2 aromatic heterocycles. The number of fused-ring (bicyclic) bond motifs is 1. The first-order valence-electron chi connectivity index (χ1n) is 22.0. The molecule has 65 heavy (non-hydrogen) atoms. The van der Waals surface area contributed by atoms with Gasteiger partial charge in [-0.25, -0.2) is 13.8 Å². The molecular weight excluding hydrogens is 832 g/mol. The lowest BCUT2D eigenvalue weighted by Crippen LogP contribution is -2.57. The Kier molecular flexibility index (Phi) is 16.5. The predicted molar refractivity (Wildman–Crippen MR) is 251 cm³/mol. The number of carbonyl (C=O) groups excluding carboxylic acids is 3. The lowest BCUT2D eigenvalue weighted by atomic mass is 9.80. The molecule has 0 fully saturated rings. The normalized spacial score (nSPS) is 14.8. The first kappa shape index (κ1) is 47.9. The zero-order valence-electron chi connectivity index (χ0n) is 37.7. The van der Waals surface area contributed by atoms with Crippen LogP contribution in [0.3, 0.4) is 0 Å². The van der Waals surface area contributed by atoms with Crippen LogP contribution in [-0.2, 0) is 26.5 Å². The summed E-state index contributed by atoms with van der Waals surface area (Å²) < 4.78 is 48.3. The number of aromatic amines is 1. The fourth-order valence-electron chi connectivity index (χ4n) is 8.11. The highest BCUT2D eigenvalue weighted by Crippen LogP contribution is 2.39. The monoisotopic (exact) mass is 890 g/mol. The van der Waals surface area contributed by atoms with E-state index in [-0.39, 0.29) is 48.9 Å². The third-order valence-electron chi connectivity index (χ3n) is 11.8. The summed E-state index contributed by atoms with van der Waals surface area (Å²) >= 11 is 0. The molecular formula is C49H58BF3N8O4. The van der Waals surface area contributed by atoms with E-state index >= 15 is 0 Å². The van der Waals surface area contributed by atoms with Crippen LogP contribution in [0, 0.1) is 11.6 Å². The van der Waals surface area contributed by atoms with Crippen molar-refractivity contribution in [3.8, 4) is 28.3 Å². The smallest absolute Gasteiger partial charge is 0.441 e. The second-order valence-electron chi connectivity index (χ2n) is 16.6. The SMILES string of the molecule is CC/C(CCC(=O)NCCCCCC(=O)NCC(=O)C1NCn2c(nc(-c3ccc(F)cc3)c2Nc2ccc(F)cc2)C1(C)C)=C(C)\C(=C\c1ccc(-c2ccc(OC)cc2)[nH]1)NBF. The van der Waals surface area contributed by atoms with Crippen LogP contribution in [0.15, 0.2) is 102 Å². The Morgan fingerprint density at radius 3 is 2.23 bits per heavy atom. The van der Waals surface area contributed by atoms with E-state index in [0.29, 0.717) is 79.4 Å². The van der Waals surface area contributed by atoms with Gasteiger partial charge in [-0.3, -0.25) is 19.7 Å². The minimum Gasteiger partial charge on any atom is -0.497 e. The minimum absolute atomic E-state index is 0.0775. The summed E-state index contributed by atoms with van der Waals surface area (Å²) in [6.07, 6.45) is 5.65. The highest BCUT2D eigenvalue weighted by Gasteiger charge is 2.44. The molecule has 3 aromatic carbocycles. The minimum atomic E-state index is -0.811. The van der Waals surface area contributed by atoms with Gasteiger partial charge in [0.25, 0.3) is 0 Å². The average molecular weight is 891 g/mol. The van der Waals surface area contributed by atoms with Gasteiger partial charge in [-0.2, -0.15) is 0 Å². The molecule has 2 amide bonds. The number of allylic oxidation sites excluding steroid dienone is 2. The van der Waals surface area contributed by atoms with Crippen molar-refractivity contribution in [2.45, 2.75) is 90.8 Å². The van der Waals surface area contributed by atoms with Crippen LogP contribution < -0.4 is 31.2 Å². The number of anilines is 2. The molecule has 1 aliphatic heterocycles. The first-order chi connectivity index (χ1) is 31.3. The van der Waals surface area contributed by atoms with E-state index in [0.717, 1.165) is 33.8 Å². The van der Waals surface area contributed by atoms with E-state index in [1.807, 2.05) is 74.7 Å². The van der Waals surface area contributed by atoms with E-state index in [1.54, 1.807) is 31.4 Å². The van der Waals surface area contributed by atoms with Gasteiger partial charge < -0.3 is 39.8 Å². The van der Waals surface area contributed by atoms with Crippen molar-refractivity contribution in [2.75, 3.05) is 25.5 Å². The summed E-state index contributed by atoms with van der Waals surface area (Å²) in [6.45, 7) is 8.32. The summed E-state index contributed by atoms with van der Waals surface area (Å²) in [5, 5.41) is 15.3. The average Bonchev–Trinajstić information content (AvgIpc) is 3.93. The topological polar surface area (TPSA) is 154 Å². The van der Waals surface area contributed by atoms with Gasteiger partial charge in [0.2, 0.25) is 11.8 Å². The number of methoxy groups -OCH3 is 1. The molecule has 6 N–H and O–H groups in total. The van der Waals surface area contributed by atoms with Crippen LogP contribution >= 0.6 is 0 Å². The molecule has 0 radical (unpaired) electrons. The Labute approximate surface area is 379 Å². The number of carbonyl (C=O) groups is 3. The molecule has 1 aliphatic rings. The molecule has 0 spiro atoms. The highest BCUT2D eigenvalue weighted by atomic mass is 19.1. The van der Waals surface area contributed by atoms with Crippen LogP contribution in [-0.4, -0.2) is 66.1 Å². The molecule has 1 atom stereocenters. The summed E-state index contributed by atoms with van der Waals surface area (Å²) in [4.78, 5) is 47.5. The third-order valence-corrected chi connectivity index (χ3v) is 11.8. The van der Waals surface area contributed by atoms with Crippen molar-refractivity contribution in [2.24, 2.45) is 0 Å². The fraction of sp³-hybridized carbons (Fsp3) is 0.347. The molecule has 0 saturated heterocycles. The van der Waals surface area contributed by atoms with Crippen LogP contribution in [0.2, 0.25) is 0 Å². The Bertz CT molecular complexity index is 2480. The zero-order valence-corrected chi connectivity index (χ0v) is 37.7. The standard InChI is InChI=1S/C49H58BF3N8O4/c1-6-32(31(2)41(60-50-53)28-38-22-25-40(57-38)33-13-23-39(65-5)24-14-33)15-26-44(64)54-27-9-7-8-10-43(63)55-29-42(62)46-49(3,4)48-59-45(34-11-16-35(51)17-12-34)47(61(48)30-56-46)58-37-20-18-36(52)19-21-37/h11-14,16-25,28,46,50,56-58,60H,6-10,15,26-27,29-30H2,1-5H3,(H,54,64)(H,55,63)/b32-31+,41-28-. The molecule has 3 heterocycles. The quantitative estimate of drug-likeness (QED) is 0.0230. The van der Waals surface area contributed by atoms with Crippen LogP contribution in [0.5, 0.6) is 5.75 Å². The summed E-state index contributed by atoms with van der Waals surface area (Å²) in [6, 6.07) is 22.9. The number of amides is 2. The van der Waals surface area contributed by atoms with Gasteiger partial charge in [0.1, 0.15) is 34.7 Å². The Morgan fingerprint density at radius 1 is 0.877 bits per heavy atom. The van der Waals surface area contributed by atoms with Gasteiger partial charge in [0.05, 0.1) is 26.4 Å². The fourth-order valence-corrected chi connectivity index (χ4v) is 8.11. The van der Waals surface area contributed by atoms with Gasteiger partial charge in [0.15, 0.2) is 5.78 Å². The number of imidazole rings is 1. The van der Waals surface area contributed by atoms with Crippen LogP contribution in [0.4, 0.5) is 24.6 Å². The molecule has 0 aliphatic carbocycles. The summed E-state index contributed by atoms with van der Waals surface area (Å²) in [7, 11) is 0.890. The number of ether oxygens (including phenoxy) is 1. The Morgan fingerprint density at radius 2 is 1.55 bits per heavy atom. The Hall–Kier alpha value is -6.55. The number of Topliss-reactive ketones (excluding diaryl/α,β-unsaturated/α-hetero) is 1.